The van der Waals surface area contributed by atoms with E-state index in [-0.39, 0.29) is 10.8 Å². The molecule has 5 nitrogen and oxygen atoms in total. The zero-order chi connectivity index (χ0) is 20.9. The first-order valence-electron chi connectivity index (χ1n) is 10.4. The summed E-state index contributed by atoms with van der Waals surface area (Å²) in [5.74, 6) is -0.111. The summed E-state index contributed by atoms with van der Waals surface area (Å²) >= 11 is 0. The standard InChI is InChI=1S/C23H30N2O3S/c1-3-19-8-10-20(11-9-19)12-14-23(26)24-22-17-21(13-7-18(22)2)29(27,28)25-15-5-4-6-16-25/h7-11,13,17H,3-6,12,14-16H2,1-2H3,(H,24,26). The Kier molecular flexibility index (Phi) is 7.09. The number of hydrogen-bond donors (Lipinski definition) is 1. The van der Waals surface area contributed by atoms with Crippen LogP contribution in [-0.2, 0) is 27.7 Å². The second-order valence-electron chi connectivity index (χ2n) is 7.66. The van der Waals surface area contributed by atoms with Crippen LogP contribution in [0.4, 0.5) is 5.69 Å². The molecule has 0 aromatic heterocycles. The number of anilines is 1. The maximum Gasteiger partial charge on any atom is 0.243 e. The van der Waals surface area contributed by atoms with Gasteiger partial charge in [-0.1, -0.05) is 43.7 Å². The molecule has 0 atom stereocenters. The minimum atomic E-state index is -3.52. The highest BCUT2D eigenvalue weighted by atomic mass is 32.2. The van der Waals surface area contributed by atoms with Crippen LogP contribution in [0.1, 0.15) is 49.3 Å². The molecule has 0 spiro atoms. The Morgan fingerprint density at radius 2 is 1.66 bits per heavy atom. The summed E-state index contributed by atoms with van der Waals surface area (Å²) in [7, 11) is -3.52. The number of carbonyl (C=O) groups excluding carboxylic acids is 1. The number of amides is 1. The summed E-state index contributed by atoms with van der Waals surface area (Å²) in [6.45, 7) is 5.12. The number of carbonyl (C=O) groups is 1. The van der Waals surface area contributed by atoms with E-state index in [9.17, 15) is 13.2 Å². The summed E-state index contributed by atoms with van der Waals surface area (Å²) in [4.78, 5) is 12.7. The zero-order valence-electron chi connectivity index (χ0n) is 17.3. The molecule has 1 fully saturated rings. The van der Waals surface area contributed by atoms with E-state index in [1.807, 2.05) is 6.92 Å². The maximum absolute atomic E-state index is 12.9. The minimum Gasteiger partial charge on any atom is -0.326 e. The van der Waals surface area contributed by atoms with Crippen LogP contribution in [0.5, 0.6) is 0 Å². The zero-order valence-corrected chi connectivity index (χ0v) is 18.1. The predicted octanol–water partition coefficient (Wildman–Crippen LogP) is 4.30. The smallest absolute Gasteiger partial charge is 0.243 e. The number of benzene rings is 2. The van der Waals surface area contributed by atoms with E-state index in [1.165, 1.54) is 5.56 Å². The SMILES string of the molecule is CCc1ccc(CCC(=O)Nc2cc(S(=O)(=O)N3CCCCC3)ccc2C)cc1. The normalized spacial score (nSPS) is 15.2. The van der Waals surface area contributed by atoms with Crippen LogP contribution in [-0.4, -0.2) is 31.7 Å². The molecule has 2 aromatic carbocycles. The molecule has 0 bridgehead atoms. The Hall–Kier alpha value is -2.18. The van der Waals surface area contributed by atoms with Gasteiger partial charge >= 0.3 is 0 Å². The Morgan fingerprint density at radius 1 is 1.00 bits per heavy atom. The van der Waals surface area contributed by atoms with Crippen molar-refractivity contribution in [3.63, 3.8) is 0 Å². The van der Waals surface area contributed by atoms with Crippen molar-refractivity contribution in [1.29, 1.82) is 0 Å². The number of hydrogen-bond acceptors (Lipinski definition) is 3. The van der Waals surface area contributed by atoms with Crippen molar-refractivity contribution >= 4 is 21.6 Å². The third kappa shape index (κ3) is 5.46. The number of piperidine rings is 1. The lowest BCUT2D eigenvalue weighted by atomic mass is 10.1. The highest BCUT2D eigenvalue weighted by Gasteiger charge is 2.26. The largest absolute Gasteiger partial charge is 0.326 e. The van der Waals surface area contributed by atoms with Gasteiger partial charge in [0.2, 0.25) is 15.9 Å². The summed E-state index contributed by atoms with van der Waals surface area (Å²) < 4.78 is 27.4. The predicted molar refractivity (Wildman–Crippen MR) is 117 cm³/mol. The van der Waals surface area contributed by atoms with Gasteiger partial charge in [-0.3, -0.25) is 4.79 Å². The van der Waals surface area contributed by atoms with E-state index in [4.69, 9.17) is 0 Å². The van der Waals surface area contributed by atoms with Crippen LogP contribution in [0.3, 0.4) is 0 Å². The number of nitrogens with zero attached hydrogens (tertiary/aromatic N) is 1. The number of nitrogens with one attached hydrogen (secondary N) is 1. The molecule has 29 heavy (non-hydrogen) atoms. The quantitative estimate of drug-likeness (QED) is 0.734. The highest BCUT2D eigenvalue weighted by molar-refractivity contribution is 7.89. The lowest BCUT2D eigenvalue weighted by Crippen LogP contribution is -2.35. The molecule has 6 heteroatoms. The molecule has 1 saturated heterocycles. The molecule has 0 aliphatic carbocycles. The fourth-order valence-electron chi connectivity index (χ4n) is 3.56. The first kappa shape index (κ1) is 21.5. The minimum absolute atomic E-state index is 0.111. The average Bonchev–Trinajstić information content (AvgIpc) is 2.74. The van der Waals surface area contributed by atoms with E-state index >= 15 is 0 Å². The first-order valence-corrected chi connectivity index (χ1v) is 11.8. The second kappa shape index (κ2) is 9.55. The molecule has 1 aliphatic heterocycles. The molecular weight excluding hydrogens is 384 g/mol. The van der Waals surface area contributed by atoms with Crippen LogP contribution in [0.15, 0.2) is 47.4 Å². The molecule has 0 radical (unpaired) electrons. The van der Waals surface area contributed by atoms with Gasteiger partial charge in [-0.25, -0.2) is 8.42 Å². The Labute approximate surface area is 174 Å². The Bertz CT molecular complexity index is 947. The molecule has 0 unspecified atom stereocenters. The topological polar surface area (TPSA) is 66.5 Å². The van der Waals surface area contributed by atoms with Gasteiger partial charge in [-0.2, -0.15) is 4.31 Å². The summed E-state index contributed by atoms with van der Waals surface area (Å²) in [5, 5.41) is 2.90. The lowest BCUT2D eigenvalue weighted by Gasteiger charge is -2.26. The Morgan fingerprint density at radius 3 is 2.31 bits per heavy atom. The molecule has 2 aromatic rings. The Balaban J connectivity index is 1.66. The molecule has 1 N–H and O–H groups in total. The molecule has 3 rings (SSSR count). The van der Waals surface area contributed by atoms with Gasteiger partial charge in [0.05, 0.1) is 4.90 Å². The molecule has 0 saturated carbocycles. The molecule has 1 amide bonds. The second-order valence-corrected chi connectivity index (χ2v) is 9.60. The van der Waals surface area contributed by atoms with Gasteiger partial charge in [0.25, 0.3) is 0 Å². The van der Waals surface area contributed by atoms with E-state index in [1.54, 1.807) is 22.5 Å². The summed E-state index contributed by atoms with van der Waals surface area (Å²) in [6, 6.07) is 13.3. The number of rotatable bonds is 7. The van der Waals surface area contributed by atoms with Crippen LogP contribution >= 0.6 is 0 Å². The third-order valence-electron chi connectivity index (χ3n) is 5.51. The van der Waals surface area contributed by atoms with Crippen LogP contribution in [0, 0.1) is 6.92 Å². The monoisotopic (exact) mass is 414 g/mol. The van der Waals surface area contributed by atoms with Gasteiger partial charge in [0.1, 0.15) is 0 Å². The van der Waals surface area contributed by atoms with Gasteiger partial charge in [-0.15, -0.1) is 0 Å². The summed E-state index contributed by atoms with van der Waals surface area (Å²) in [5.41, 5.74) is 3.81. The van der Waals surface area contributed by atoms with Crippen molar-refractivity contribution in [1.82, 2.24) is 4.31 Å². The summed E-state index contributed by atoms with van der Waals surface area (Å²) in [6.07, 6.45) is 4.87. The first-order chi connectivity index (χ1) is 13.9. The van der Waals surface area contributed by atoms with E-state index < -0.39 is 10.0 Å². The number of aryl methyl sites for hydroxylation is 3. The molecule has 156 valence electrons. The van der Waals surface area contributed by atoms with Gasteiger partial charge < -0.3 is 5.32 Å². The average molecular weight is 415 g/mol. The van der Waals surface area contributed by atoms with Crippen molar-refractivity contribution in [3.05, 3.63) is 59.2 Å². The van der Waals surface area contributed by atoms with Crippen LogP contribution < -0.4 is 5.32 Å². The number of sulfonamides is 1. The molecule has 1 heterocycles. The molecule has 1 aliphatic rings. The maximum atomic E-state index is 12.9. The third-order valence-corrected chi connectivity index (χ3v) is 7.40. The van der Waals surface area contributed by atoms with Crippen LogP contribution in [0.2, 0.25) is 0 Å². The van der Waals surface area contributed by atoms with E-state index in [2.05, 4.69) is 36.5 Å². The van der Waals surface area contributed by atoms with E-state index in [0.717, 1.165) is 36.8 Å². The van der Waals surface area contributed by atoms with Crippen molar-refractivity contribution in [2.24, 2.45) is 0 Å². The lowest BCUT2D eigenvalue weighted by molar-refractivity contribution is -0.116. The van der Waals surface area contributed by atoms with Gasteiger partial charge in [0, 0.05) is 25.2 Å². The van der Waals surface area contributed by atoms with Crippen molar-refractivity contribution in [2.75, 3.05) is 18.4 Å². The fourth-order valence-corrected chi connectivity index (χ4v) is 5.11. The van der Waals surface area contributed by atoms with Crippen molar-refractivity contribution in [3.8, 4) is 0 Å². The highest BCUT2D eigenvalue weighted by Crippen LogP contribution is 2.25. The van der Waals surface area contributed by atoms with Crippen LogP contribution in [0.25, 0.3) is 0 Å². The molecular formula is C23H30N2O3S. The van der Waals surface area contributed by atoms with Gasteiger partial charge in [0.15, 0.2) is 0 Å². The van der Waals surface area contributed by atoms with Gasteiger partial charge in [-0.05, 0) is 61.4 Å². The van der Waals surface area contributed by atoms with Crippen molar-refractivity contribution in [2.45, 2.75) is 57.3 Å². The van der Waals surface area contributed by atoms with E-state index in [0.29, 0.717) is 31.6 Å². The van der Waals surface area contributed by atoms with Crippen molar-refractivity contribution < 1.29 is 13.2 Å². The fraction of sp³-hybridized carbons (Fsp3) is 0.435.